The highest BCUT2D eigenvalue weighted by molar-refractivity contribution is 5.44. The van der Waals surface area contributed by atoms with Crippen LogP contribution in [0.5, 0.6) is 11.5 Å². The summed E-state index contributed by atoms with van der Waals surface area (Å²) in [6.45, 7) is 5.40. The van der Waals surface area contributed by atoms with Gasteiger partial charge in [0.05, 0.1) is 6.04 Å². The minimum absolute atomic E-state index is 0.289. The van der Waals surface area contributed by atoms with Gasteiger partial charge < -0.3 is 15.2 Å². The van der Waals surface area contributed by atoms with Gasteiger partial charge in [-0.2, -0.15) is 0 Å². The number of rotatable bonds is 1. The highest BCUT2D eigenvalue weighted by Crippen LogP contribution is 2.41. The summed E-state index contributed by atoms with van der Waals surface area (Å²) in [6, 6.07) is 5.88. The van der Waals surface area contributed by atoms with Crippen LogP contribution in [0, 0.1) is 11.8 Å². The summed E-state index contributed by atoms with van der Waals surface area (Å²) in [5, 5.41) is 12.9. The van der Waals surface area contributed by atoms with Crippen LogP contribution in [-0.4, -0.2) is 42.8 Å². The molecule has 0 aliphatic carbocycles. The molecule has 4 nitrogen and oxygen atoms in total. The highest BCUT2D eigenvalue weighted by atomic mass is 16.5. The Morgan fingerprint density at radius 3 is 2.78 bits per heavy atom. The lowest BCUT2D eigenvalue weighted by atomic mass is 10.0. The van der Waals surface area contributed by atoms with Crippen LogP contribution in [0.3, 0.4) is 0 Å². The van der Waals surface area contributed by atoms with Crippen molar-refractivity contribution in [3.8, 4) is 11.5 Å². The lowest BCUT2D eigenvalue weighted by Crippen LogP contribution is -2.30. The van der Waals surface area contributed by atoms with Crippen LogP contribution >= 0.6 is 0 Å². The molecule has 2 N–H and O–H groups in total. The zero-order valence-electron chi connectivity index (χ0n) is 10.3. The van der Waals surface area contributed by atoms with E-state index >= 15 is 0 Å². The fourth-order valence-corrected chi connectivity index (χ4v) is 3.63. The van der Waals surface area contributed by atoms with Crippen molar-refractivity contribution in [3.63, 3.8) is 0 Å². The van der Waals surface area contributed by atoms with Gasteiger partial charge >= 0.3 is 0 Å². The number of nitrogens with one attached hydrogen (secondary N) is 1. The third-order valence-corrected chi connectivity index (χ3v) is 4.61. The molecule has 0 saturated carbocycles. The summed E-state index contributed by atoms with van der Waals surface area (Å²) in [5.74, 6) is 2.77. The second-order valence-electron chi connectivity index (χ2n) is 5.68. The van der Waals surface area contributed by atoms with E-state index in [-0.39, 0.29) is 5.75 Å². The number of hydrogen-bond acceptors (Lipinski definition) is 4. The fraction of sp³-hybridized carbons (Fsp3) is 0.571. The first kappa shape index (κ1) is 10.6. The Bertz CT molecular complexity index is 465. The average molecular weight is 246 g/mol. The number of ether oxygens (including phenoxy) is 1. The molecule has 18 heavy (non-hydrogen) atoms. The summed E-state index contributed by atoms with van der Waals surface area (Å²) >= 11 is 0. The van der Waals surface area contributed by atoms with Gasteiger partial charge in [-0.25, -0.2) is 0 Å². The molecule has 3 aliphatic rings. The van der Waals surface area contributed by atoms with Crippen molar-refractivity contribution in [3.05, 3.63) is 23.8 Å². The summed E-state index contributed by atoms with van der Waals surface area (Å²) in [5.41, 5.74) is 1.24. The van der Waals surface area contributed by atoms with E-state index in [0.29, 0.717) is 6.04 Å². The molecule has 3 heterocycles. The maximum atomic E-state index is 9.48. The van der Waals surface area contributed by atoms with E-state index in [1.165, 1.54) is 18.7 Å². The Hall–Kier alpha value is -1.26. The third-order valence-electron chi connectivity index (χ3n) is 4.61. The maximum absolute atomic E-state index is 9.48. The molecule has 2 saturated heterocycles. The standard InChI is InChI=1S/C14H18N2O2/c17-11-1-2-12-13(8-18-14(12)3-11)16-6-9-4-15-5-10(9)7-16/h1-3,9-10,13,15,17H,4-8H2. The average Bonchev–Trinajstić information content (AvgIpc) is 2.98. The maximum Gasteiger partial charge on any atom is 0.127 e. The first-order chi connectivity index (χ1) is 8.81. The lowest BCUT2D eigenvalue weighted by Gasteiger charge is -2.23. The van der Waals surface area contributed by atoms with E-state index < -0.39 is 0 Å². The van der Waals surface area contributed by atoms with Gasteiger partial charge in [0, 0.05) is 24.7 Å². The molecule has 4 heteroatoms. The number of likely N-dealkylation sites (tertiary alicyclic amines) is 1. The van der Waals surface area contributed by atoms with Crippen molar-refractivity contribution in [2.24, 2.45) is 11.8 Å². The first-order valence-corrected chi connectivity index (χ1v) is 6.72. The van der Waals surface area contributed by atoms with Crippen LogP contribution in [0.15, 0.2) is 18.2 Å². The van der Waals surface area contributed by atoms with Crippen molar-refractivity contribution in [1.29, 1.82) is 0 Å². The predicted octanol–water partition coefficient (Wildman–Crippen LogP) is 0.977. The fourth-order valence-electron chi connectivity index (χ4n) is 3.63. The molecule has 0 bridgehead atoms. The van der Waals surface area contributed by atoms with Crippen molar-refractivity contribution in [2.45, 2.75) is 6.04 Å². The zero-order chi connectivity index (χ0) is 12.1. The van der Waals surface area contributed by atoms with E-state index in [1.54, 1.807) is 12.1 Å². The van der Waals surface area contributed by atoms with Crippen LogP contribution in [0.4, 0.5) is 0 Å². The molecule has 0 radical (unpaired) electrons. The SMILES string of the molecule is Oc1ccc2c(c1)OCC2N1CC2CNCC2C1. The number of benzene rings is 1. The van der Waals surface area contributed by atoms with E-state index in [2.05, 4.69) is 10.2 Å². The highest BCUT2D eigenvalue weighted by Gasteiger charge is 2.41. The summed E-state index contributed by atoms with van der Waals surface area (Å²) < 4.78 is 5.71. The quantitative estimate of drug-likeness (QED) is 0.775. The van der Waals surface area contributed by atoms with Gasteiger partial charge in [0.25, 0.3) is 0 Å². The summed E-state index contributed by atoms with van der Waals surface area (Å²) in [7, 11) is 0. The molecular weight excluding hydrogens is 228 g/mol. The molecule has 2 fully saturated rings. The first-order valence-electron chi connectivity index (χ1n) is 6.72. The molecular formula is C14H18N2O2. The van der Waals surface area contributed by atoms with Crippen LogP contribution in [0.25, 0.3) is 0 Å². The third kappa shape index (κ3) is 1.52. The molecule has 3 unspecified atom stereocenters. The Balaban J connectivity index is 1.58. The van der Waals surface area contributed by atoms with Gasteiger partial charge in [0.1, 0.15) is 18.1 Å². The molecule has 96 valence electrons. The van der Waals surface area contributed by atoms with Gasteiger partial charge in [-0.15, -0.1) is 0 Å². The second kappa shape index (κ2) is 3.87. The zero-order valence-corrected chi connectivity index (χ0v) is 10.3. The molecule has 0 spiro atoms. The molecule has 3 atom stereocenters. The normalized spacial score (nSPS) is 34.3. The van der Waals surface area contributed by atoms with Gasteiger partial charge in [-0.1, -0.05) is 0 Å². The Labute approximate surface area is 107 Å². The molecule has 4 rings (SSSR count). The number of hydrogen-bond donors (Lipinski definition) is 2. The Morgan fingerprint density at radius 2 is 2.00 bits per heavy atom. The van der Waals surface area contributed by atoms with Crippen LogP contribution in [0.2, 0.25) is 0 Å². The molecule has 1 aromatic carbocycles. The van der Waals surface area contributed by atoms with Crippen molar-refractivity contribution < 1.29 is 9.84 Å². The van der Waals surface area contributed by atoms with Gasteiger partial charge in [-0.3, -0.25) is 4.90 Å². The predicted molar refractivity (Wildman–Crippen MR) is 67.8 cm³/mol. The van der Waals surface area contributed by atoms with E-state index in [1.807, 2.05) is 6.07 Å². The number of nitrogens with zero attached hydrogens (tertiary/aromatic N) is 1. The van der Waals surface area contributed by atoms with Crippen LogP contribution in [-0.2, 0) is 0 Å². The van der Waals surface area contributed by atoms with Gasteiger partial charge in [0.2, 0.25) is 0 Å². The molecule has 0 aromatic heterocycles. The summed E-state index contributed by atoms with van der Waals surface area (Å²) in [4.78, 5) is 2.55. The number of phenolic OH excluding ortho intramolecular Hbond substituents is 1. The minimum atomic E-state index is 0.289. The van der Waals surface area contributed by atoms with Crippen LogP contribution in [0.1, 0.15) is 11.6 Å². The Morgan fingerprint density at radius 1 is 1.22 bits per heavy atom. The van der Waals surface area contributed by atoms with E-state index in [9.17, 15) is 5.11 Å². The number of fused-ring (bicyclic) bond motifs is 2. The van der Waals surface area contributed by atoms with E-state index in [0.717, 1.165) is 37.3 Å². The second-order valence-corrected chi connectivity index (χ2v) is 5.68. The topological polar surface area (TPSA) is 44.7 Å². The minimum Gasteiger partial charge on any atom is -0.508 e. The summed E-state index contributed by atoms with van der Waals surface area (Å²) in [6.07, 6.45) is 0. The lowest BCUT2D eigenvalue weighted by molar-refractivity contribution is 0.184. The smallest absolute Gasteiger partial charge is 0.127 e. The number of aromatic hydroxyl groups is 1. The van der Waals surface area contributed by atoms with Crippen molar-refractivity contribution in [2.75, 3.05) is 32.8 Å². The monoisotopic (exact) mass is 246 g/mol. The Kier molecular flexibility index (Phi) is 2.29. The van der Waals surface area contributed by atoms with Crippen molar-refractivity contribution >= 4 is 0 Å². The molecule has 0 amide bonds. The van der Waals surface area contributed by atoms with Crippen molar-refractivity contribution in [1.82, 2.24) is 10.2 Å². The van der Waals surface area contributed by atoms with Gasteiger partial charge in [0.15, 0.2) is 0 Å². The number of phenols is 1. The largest absolute Gasteiger partial charge is 0.508 e. The molecule has 3 aliphatic heterocycles. The molecule has 1 aromatic rings. The van der Waals surface area contributed by atoms with Crippen LogP contribution < -0.4 is 10.1 Å². The van der Waals surface area contributed by atoms with Gasteiger partial charge in [-0.05, 0) is 37.1 Å². The van der Waals surface area contributed by atoms with E-state index in [4.69, 9.17) is 4.74 Å².